The molecule has 0 atom stereocenters. The van der Waals surface area contributed by atoms with Crippen molar-refractivity contribution in [1.82, 2.24) is 5.32 Å². The number of ether oxygens (including phenoxy) is 1. The Morgan fingerprint density at radius 3 is 3.00 bits per heavy atom. The lowest BCUT2D eigenvalue weighted by Crippen LogP contribution is -2.24. The number of alkyl carbamates (subject to hydrolysis) is 1. The molecule has 0 saturated heterocycles. The zero-order valence-electron chi connectivity index (χ0n) is 10.5. The highest BCUT2D eigenvalue weighted by molar-refractivity contribution is 7.12. The van der Waals surface area contributed by atoms with Crippen LogP contribution in [0.2, 0.25) is 0 Å². The Bertz CT molecular complexity index is 443. The summed E-state index contributed by atoms with van der Waals surface area (Å²) in [5.74, 6) is 5.73. The zero-order valence-corrected chi connectivity index (χ0v) is 11.3. The average Bonchev–Trinajstić information content (AvgIpc) is 2.79. The summed E-state index contributed by atoms with van der Waals surface area (Å²) >= 11 is 1.48. The summed E-state index contributed by atoms with van der Waals surface area (Å²) in [4.78, 5) is 13.2. The number of rotatable bonds is 4. The van der Waals surface area contributed by atoms with E-state index in [4.69, 9.17) is 9.84 Å². The third-order valence-electron chi connectivity index (χ3n) is 1.91. The van der Waals surface area contributed by atoms with Crippen molar-refractivity contribution in [3.8, 4) is 11.8 Å². The van der Waals surface area contributed by atoms with Crippen LogP contribution in [0.15, 0.2) is 12.1 Å². The molecule has 2 N–H and O–H groups in total. The summed E-state index contributed by atoms with van der Waals surface area (Å²) in [5.41, 5.74) is 0. The van der Waals surface area contributed by atoms with Crippen LogP contribution in [0.4, 0.5) is 4.79 Å². The SMILES string of the molecule is CC(C)COC(=O)NCc1ccc(C#CCO)s1. The number of hydrogen-bond donors (Lipinski definition) is 2. The molecule has 1 rings (SSSR count). The summed E-state index contributed by atoms with van der Waals surface area (Å²) in [7, 11) is 0. The molecule has 98 valence electrons. The molecule has 0 bridgehead atoms. The Morgan fingerprint density at radius 1 is 1.56 bits per heavy atom. The average molecular weight is 267 g/mol. The molecule has 0 saturated carbocycles. The summed E-state index contributed by atoms with van der Waals surface area (Å²) in [6, 6.07) is 3.76. The van der Waals surface area contributed by atoms with Gasteiger partial charge in [-0.2, -0.15) is 0 Å². The maximum Gasteiger partial charge on any atom is 0.407 e. The van der Waals surface area contributed by atoms with E-state index in [1.807, 2.05) is 26.0 Å². The van der Waals surface area contributed by atoms with Gasteiger partial charge in [-0.15, -0.1) is 11.3 Å². The summed E-state index contributed by atoms with van der Waals surface area (Å²) in [6.07, 6.45) is -0.403. The van der Waals surface area contributed by atoms with Crippen LogP contribution in [-0.2, 0) is 11.3 Å². The highest BCUT2D eigenvalue weighted by Crippen LogP contribution is 2.14. The van der Waals surface area contributed by atoms with E-state index < -0.39 is 6.09 Å². The first-order valence-corrected chi connectivity index (χ1v) is 6.52. The molecule has 0 aromatic carbocycles. The van der Waals surface area contributed by atoms with Crippen LogP contribution in [0, 0.1) is 17.8 Å². The summed E-state index contributed by atoms with van der Waals surface area (Å²) in [6.45, 7) is 4.68. The number of carbonyl (C=O) groups is 1. The molecule has 0 aliphatic rings. The van der Waals surface area contributed by atoms with Gasteiger partial charge in [0, 0.05) is 4.88 Å². The van der Waals surface area contributed by atoms with Crippen LogP contribution >= 0.6 is 11.3 Å². The van der Waals surface area contributed by atoms with Crippen LogP contribution in [0.25, 0.3) is 0 Å². The Labute approximate surface area is 111 Å². The number of aliphatic hydroxyl groups is 1. The third kappa shape index (κ3) is 5.71. The van der Waals surface area contributed by atoms with Crippen LogP contribution < -0.4 is 5.32 Å². The predicted molar refractivity (Wildman–Crippen MR) is 71.3 cm³/mol. The standard InChI is InChI=1S/C13H17NO3S/c1-10(2)9-17-13(16)14-8-12-6-5-11(18-12)4-3-7-15/h5-6,10,15H,7-9H2,1-2H3,(H,14,16). The lowest BCUT2D eigenvalue weighted by molar-refractivity contribution is 0.132. The Morgan fingerprint density at radius 2 is 2.33 bits per heavy atom. The Hall–Kier alpha value is -1.51. The fraction of sp³-hybridized carbons (Fsp3) is 0.462. The fourth-order valence-corrected chi connectivity index (χ4v) is 1.94. The molecule has 0 fully saturated rings. The number of thiophene rings is 1. The predicted octanol–water partition coefficient (Wildman–Crippen LogP) is 1.97. The van der Waals surface area contributed by atoms with E-state index >= 15 is 0 Å². The molecule has 0 radical (unpaired) electrons. The molecule has 0 aliphatic carbocycles. The van der Waals surface area contributed by atoms with E-state index in [2.05, 4.69) is 17.2 Å². The monoisotopic (exact) mass is 267 g/mol. The molecule has 4 nitrogen and oxygen atoms in total. The summed E-state index contributed by atoms with van der Waals surface area (Å²) < 4.78 is 4.99. The van der Waals surface area contributed by atoms with Crippen molar-refractivity contribution in [2.24, 2.45) is 5.92 Å². The molecule has 0 aliphatic heterocycles. The maximum absolute atomic E-state index is 11.3. The highest BCUT2D eigenvalue weighted by Gasteiger charge is 2.04. The minimum Gasteiger partial charge on any atom is -0.449 e. The molecular weight excluding hydrogens is 250 g/mol. The minimum absolute atomic E-state index is 0.146. The van der Waals surface area contributed by atoms with E-state index in [-0.39, 0.29) is 6.61 Å². The molecule has 1 amide bonds. The van der Waals surface area contributed by atoms with Gasteiger partial charge in [-0.3, -0.25) is 0 Å². The zero-order chi connectivity index (χ0) is 13.4. The van der Waals surface area contributed by atoms with E-state index in [1.54, 1.807) is 0 Å². The van der Waals surface area contributed by atoms with Gasteiger partial charge in [0.05, 0.1) is 18.0 Å². The molecule has 1 aromatic heterocycles. The van der Waals surface area contributed by atoms with Gasteiger partial charge >= 0.3 is 6.09 Å². The van der Waals surface area contributed by atoms with Crippen LogP contribution in [0.3, 0.4) is 0 Å². The van der Waals surface area contributed by atoms with Crippen LogP contribution in [0.5, 0.6) is 0 Å². The van der Waals surface area contributed by atoms with Crippen molar-refractivity contribution < 1.29 is 14.6 Å². The van der Waals surface area contributed by atoms with Gasteiger partial charge < -0.3 is 15.2 Å². The number of aliphatic hydroxyl groups excluding tert-OH is 1. The number of nitrogens with one attached hydrogen (secondary N) is 1. The molecular formula is C13H17NO3S. The molecule has 18 heavy (non-hydrogen) atoms. The fourth-order valence-electron chi connectivity index (χ4n) is 1.12. The number of carbonyl (C=O) groups excluding carboxylic acids is 1. The van der Waals surface area contributed by atoms with Gasteiger partial charge in [-0.05, 0) is 18.1 Å². The van der Waals surface area contributed by atoms with Crippen molar-refractivity contribution in [3.05, 3.63) is 21.9 Å². The van der Waals surface area contributed by atoms with E-state index in [0.717, 1.165) is 9.75 Å². The largest absolute Gasteiger partial charge is 0.449 e. The van der Waals surface area contributed by atoms with Crippen molar-refractivity contribution >= 4 is 17.4 Å². The van der Waals surface area contributed by atoms with Gasteiger partial charge in [0.2, 0.25) is 0 Å². The molecule has 0 unspecified atom stereocenters. The van der Waals surface area contributed by atoms with E-state index in [9.17, 15) is 4.79 Å². The van der Waals surface area contributed by atoms with Gasteiger partial charge in [0.25, 0.3) is 0 Å². The first-order chi connectivity index (χ1) is 8.61. The summed E-state index contributed by atoms with van der Waals surface area (Å²) in [5, 5.41) is 11.2. The highest BCUT2D eigenvalue weighted by atomic mass is 32.1. The van der Waals surface area contributed by atoms with Gasteiger partial charge in [-0.1, -0.05) is 25.7 Å². The number of hydrogen-bond acceptors (Lipinski definition) is 4. The van der Waals surface area contributed by atoms with Crippen LogP contribution in [0.1, 0.15) is 23.6 Å². The topological polar surface area (TPSA) is 58.6 Å². The van der Waals surface area contributed by atoms with Crippen molar-refractivity contribution in [2.45, 2.75) is 20.4 Å². The molecule has 5 heteroatoms. The van der Waals surface area contributed by atoms with Gasteiger partial charge in [0.1, 0.15) is 6.61 Å². The van der Waals surface area contributed by atoms with E-state index in [1.165, 1.54) is 11.3 Å². The molecule has 1 aromatic rings. The lowest BCUT2D eigenvalue weighted by atomic mass is 10.2. The Balaban J connectivity index is 2.35. The quantitative estimate of drug-likeness (QED) is 0.820. The van der Waals surface area contributed by atoms with Gasteiger partial charge in [0.15, 0.2) is 0 Å². The minimum atomic E-state index is -0.403. The first kappa shape index (κ1) is 14.6. The normalized spacial score (nSPS) is 9.78. The smallest absolute Gasteiger partial charge is 0.407 e. The second-order valence-electron chi connectivity index (χ2n) is 4.07. The second-order valence-corrected chi connectivity index (χ2v) is 5.24. The lowest BCUT2D eigenvalue weighted by Gasteiger charge is -2.07. The van der Waals surface area contributed by atoms with Crippen LogP contribution in [-0.4, -0.2) is 24.4 Å². The van der Waals surface area contributed by atoms with Crippen molar-refractivity contribution in [3.63, 3.8) is 0 Å². The molecule has 1 heterocycles. The Kier molecular flexibility index (Phi) is 6.26. The maximum atomic E-state index is 11.3. The van der Waals surface area contributed by atoms with Gasteiger partial charge in [-0.25, -0.2) is 4.79 Å². The van der Waals surface area contributed by atoms with Crippen molar-refractivity contribution in [2.75, 3.05) is 13.2 Å². The van der Waals surface area contributed by atoms with Crippen molar-refractivity contribution in [1.29, 1.82) is 0 Å². The number of amides is 1. The molecule has 0 spiro atoms. The second kappa shape index (κ2) is 7.75. The third-order valence-corrected chi connectivity index (χ3v) is 2.91. The van der Waals surface area contributed by atoms with E-state index in [0.29, 0.717) is 19.1 Å². The first-order valence-electron chi connectivity index (χ1n) is 5.71.